The number of likely N-dealkylation sites (N-methyl/N-ethyl adjacent to an activating group) is 2. The molecular weight excluding hydrogens is 375 g/mol. The highest BCUT2D eigenvalue weighted by atomic mass is 35.5. The van der Waals surface area contributed by atoms with Crippen LogP contribution in [0.15, 0.2) is 30.3 Å². The van der Waals surface area contributed by atoms with Crippen molar-refractivity contribution >= 4 is 39.9 Å². The predicted molar refractivity (Wildman–Crippen MR) is 106 cm³/mol. The summed E-state index contributed by atoms with van der Waals surface area (Å²) in [5.41, 5.74) is 1.86. The van der Waals surface area contributed by atoms with E-state index in [1.54, 1.807) is 17.0 Å². The van der Waals surface area contributed by atoms with Crippen molar-refractivity contribution in [1.29, 1.82) is 0 Å². The van der Waals surface area contributed by atoms with Gasteiger partial charge in [0, 0.05) is 25.5 Å². The van der Waals surface area contributed by atoms with E-state index in [4.69, 9.17) is 0 Å². The molecule has 0 saturated heterocycles. The second kappa shape index (κ2) is 8.62. The van der Waals surface area contributed by atoms with E-state index in [9.17, 15) is 9.18 Å². The van der Waals surface area contributed by atoms with E-state index in [1.165, 1.54) is 23.5 Å². The number of halogens is 2. The number of rotatable bonds is 6. The Morgan fingerprint density at radius 3 is 2.69 bits per heavy atom. The zero-order valence-electron chi connectivity index (χ0n) is 15.0. The van der Waals surface area contributed by atoms with E-state index < -0.39 is 0 Å². The molecule has 26 heavy (non-hydrogen) atoms. The van der Waals surface area contributed by atoms with E-state index in [-0.39, 0.29) is 24.1 Å². The summed E-state index contributed by atoms with van der Waals surface area (Å²) >= 11 is 1.45. The molecule has 3 rings (SSSR count). The van der Waals surface area contributed by atoms with Crippen LogP contribution < -0.4 is 5.32 Å². The lowest BCUT2D eigenvalue weighted by atomic mass is 10.2. The smallest absolute Gasteiger partial charge is 0.263 e. The average Bonchev–Trinajstić information content (AvgIpc) is 3.16. The maximum atomic E-state index is 13.1. The number of hydrogen-bond acceptors (Lipinski definition) is 4. The summed E-state index contributed by atoms with van der Waals surface area (Å²) in [5.74, 6) is -0.233. The van der Waals surface area contributed by atoms with Crippen molar-refractivity contribution in [3.05, 3.63) is 52.3 Å². The second-order valence-electron chi connectivity index (χ2n) is 6.03. The standard InChI is InChI=1S/C18H21FN4OS.ClH/c1-12-15-10-16(17(24)22(3)9-8-20-2)25-18(15)23(21-12)11-13-4-6-14(19)7-5-13;/h4-7,10,20H,8-9,11H2,1-3H3;1H. The highest BCUT2D eigenvalue weighted by Crippen LogP contribution is 2.29. The van der Waals surface area contributed by atoms with E-state index in [2.05, 4.69) is 10.4 Å². The molecular formula is C18H22ClFN4OS. The summed E-state index contributed by atoms with van der Waals surface area (Å²) < 4.78 is 15.0. The number of thiophene rings is 1. The first-order chi connectivity index (χ1) is 12.0. The summed E-state index contributed by atoms with van der Waals surface area (Å²) in [6, 6.07) is 8.32. The van der Waals surface area contributed by atoms with E-state index >= 15 is 0 Å². The van der Waals surface area contributed by atoms with Crippen LogP contribution in [0.4, 0.5) is 4.39 Å². The third-order valence-corrected chi connectivity index (χ3v) is 5.24. The summed E-state index contributed by atoms with van der Waals surface area (Å²) in [6.45, 7) is 3.90. The fourth-order valence-corrected chi connectivity index (χ4v) is 3.81. The third kappa shape index (κ3) is 4.23. The Kier molecular flexibility index (Phi) is 6.75. The highest BCUT2D eigenvalue weighted by Gasteiger charge is 2.18. The normalized spacial score (nSPS) is 10.8. The van der Waals surface area contributed by atoms with Crippen molar-refractivity contribution < 1.29 is 9.18 Å². The van der Waals surface area contributed by atoms with Crippen molar-refractivity contribution in [2.45, 2.75) is 13.5 Å². The van der Waals surface area contributed by atoms with Gasteiger partial charge in [-0.05, 0) is 37.7 Å². The minimum Gasteiger partial charge on any atom is -0.340 e. The monoisotopic (exact) mass is 396 g/mol. The maximum absolute atomic E-state index is 13.1. The molecule has 0 saturated carbocycles. The number of nitrogens with one attached hydrogen (secondary N) is 1. The molecule has 1 aromatic carbocycles. The number of carbonyl (C=O) groups is 1. The van der Waals surface area contributed by atoms with Crippen molar-refractivity contribution in [3.8, 4) is 0 Å². The van der Waals surface area contributed by atoms with Crippen LogP contribution in [0.1, 0.15) is 20.9 Å². The van der Waals surface area contributed by atoms with Crippen LogP contribution in [0.2, 0.25) is 0 Å². The first-order valence-electron chi connectivity index (χ1n) is 8.11. The van der Waals surface area contributed by atoms with Crippen LogP contribution in [0.3, 0.4) is 0 Å². The summed E-state index contributed by atoms with van der Waals surface area (Å²) in [7, 11) is 3.67. The predicted octanol–water partition coefficient (Wildman–Crippen LogP) is 3.31. The number of fused-ring (bicyclic) bond motifs is 1. The quantitative estimate of drug-likeness (QED) is 0.695. The summed E-state index contributed by atoms with van der Waals surface area (Å²) in [5, 5.41) is 8.60. The Labute approximate surface area is 162 Å². The molecule has 8 heteroatoms. The lowest BCUT2D eigenvalue weighted by Gasteiger charge is -2.15. The number of aryl methyl sites for hydroxylation is 1. The van der Waals surface area contributed by atoms with E-state index in [0.717, 1.165) is 28.0 Å². The van der Waals surface area contributed by atoms with E-state index in [0.29, 0.717) is 18.0 Å². The summed E-state index contributed by atoms with van der Waals surface area (Å²) in [6.07, 6.45) is 0. The molecule has 1 N–H and O–H groups in total. The van der Waals surface area contributed by atoms with Gasteiger partial charge in [-0.15, -0.1) is 23.7 Å². The lowest BCUT2D eigenvalue weighted by Crippen LogP contribution is -2.32. The fraction of sp³-hybridized carbons (Fsp3) is 0.333. The van der Waals surface area contributed by atoms with Crippen molar-refractivity contribution in [2.75, 3.05) is 27.2 Å². The van der Waals surface area contributed by atoms with Crippen molar-refractivity contribution in [2.24, 2.45) is 0 Å². The van der Waals surface area contributed by atoms with Gasteiger partial charge < -0.3 is 10.2 Å². The zero-order chi connectivity index (χ0) is 18.0. The molecule has 3 aromatic rings. The average molecular weight is 397 g/mol. The van der Waals surface area contributed by atoms with Crippen molar-refractivity contribution in [1.82, 2.24) is 20.0 Å². The molecule has 0 radical (unpaired) electrons. The summed E-state index contributed by atoms with van der Waals surface area (Å²) in [4.78, 5) is 16.0. The minimum absolute atomic E-state index is 0. The zero-order valence-corrected chi connectivity index (χ0v) is 16.6. The number of hydrogen-bond donors (Lipinski definition) is 1. The SMILES string of the molecule is CNCCN(C)C(=O)c1cc2c(C)nn(Cc3ccc(F)cc3)c2s1.Cl. The molecule has 0 aliphatic carbocycles. The number of benzene rings is 1. The first kappa shape index (κ1) is 20.4. The molecule has 0 unspecified atom stereocenters. The van der Waals surface area contributed by atoms with Gasteiger partial charge in [-0.3, -0.25) is 9.48 Å². The largest absolute Gasteiger partial charge is 0.340 e. The van der Waals surface area contributed by atoms with Gasteiger partial charge in [0.25, 0.3) is 5.91 Å². The molecule has 5 nitrogen and oxygen atoms in total. The van der Waals surface area contributed by atoms with Crippen LogP contribution in [0.25, 0.3) is 10.2 Å². The molecule has 140 valence electrons. The molecule has 0 fully saturated rings. The third-order valence-electron chi connectivity index (χ3n) is 4.11. The number of carbonyl (C=O) groups excluding carboxylic acids is 1. The van der Waals surface area contributed by atoms with Gasteiger partial charge in [0.05, 0.1) is 17.1 Å². The number of nitrogens with zero attached hydrogens (tertiary/aromatic N) is 3. The van der Waals surface area contributed by atoms with Crippen LogP contribution in [-0.4, -0.2) is 47.8 Å². The Morgan fingerprint density at radius 2 is 2.04 bits per heavy atom. The molecule has 0 bridgehead atoms. The van der Waals surface area contributed by atoms with Crippen molar-refractivity contribution in [3.63, 3.8) is 0 Å². The first-order valence-corrected chi connectivity index (χ1v) is 8.92. The molecule has 1 amide bonds. The van der Waals surface area contributed by atoms with Gasteiger partial charge in [0.1, 0.15) is 10.6 Å². The molecule has 2 heterocycles. The van der Waals surface area contributed by atoms with E-state index in [1.807, 2.05) is 31.8 Å². The molecule has 2 aromatic heterocycles. The van der Waals surface area contributed by atoms with Crippen LogP contribution >= 0.6 is 23.7 Å². The Bertz CT molecular complexity index is 891. The van der Waals surface area contributed by atoms with Gasteiger partial charge in [-0.1, -0.05) is 12.1 Å². The molecule has 0 aliphatic rings. The maximum Gasteiger partial charge on any atom is 0.263 e. The van der Waals surface area contributed by atoms with Crippen LogP contribution in [0, 0.1) is 12.7 Å². The molecule has 0 atom stereocenters. The Morgan fingerprint density at radius 1 is 1.35 bits per heavy atom. The molecule has 0 aliphatic heterocycles. The van der Waals surface area contributed by atoms with Gasteiger partial charge in [0.2, 0.25) is 0 Å². The van der Waals surface area contributed by atoms with Gasteiger partial charge in [-0.2, -0.15) is 5.10 Å². The Balaban J connectivity index is 0.00000243. The van der Waals surface area contributed by atoms with Gasteiger partial charge >= 0.3 is 0 Å². The number of aromatic nitrogens is 2. The van der Waals surface area contributed by atoms with Crippen LogP contribution in [0.5, 0.6) is 0 Å². The van der Waals surface area contributed by atoms with Gasteiger partial charge in [-0.25, -0.2) is 4.39 Å². The minimum atomic E-state index is -0.251. The highest BCUT2D eigenvalue weighted by molar-refractivity contribution is 7.20. The lowest BCUT2D eigenvalue weighted by molar-refractivity contribution is 0.0801. The Hall–Kier alpha value is -1.96. The number of amides is 1. The topological polar surface area (TPSA) is 50.2 Å². The van der Waals surface area contributed by atoms with Crippen LogP contribution in [-0.2, 0) is 6.54 Å². The second-order valence-corrected chi connectivity index (χ2v) is 7.06. The van der Waals surface area contributed by atoms with Gasteiger partial charge in [0.15, 0.2) is 0 Å². The fourth-order valence-electron chi connectivity index (χ4n) is 2.66. The molecule has 0 spiro atoms.